The zero-order chi connectivity index (χ0) is 12.4. The van der Waals surface area contributed by atoms with Crippen LogP contribution in [0.25, 0.3) is 0 Å². The van der Waals surface area contributed by atoms with E-state index >= 15 is 0 Å². The molecule has 1 heterocycles. The minimum Gasteiger partial charge on any atom is -0.338 e. The molecule has 4 heteroatoms. The van der Waals surface area contributed by atoms with Gasteiger partial charge in [-0.3, -0.25) is 9.59 Å². The minimum atomic E-state index is 0.0214. The van der Waals surface area contributed by atoms with E-state index in [1.165, 1.54) is 0 Å². The van der Waals surface area contributed by atoms with Crippen LogP contribution in [0.2, 0.25) is 0 Å². The second-order valence-corrected chi connectivity index (χ2v) is 5.15. The van der Waals surface area contributed by atoms with Gasteiger partial charge >= 0.3 is 0 Å². The Labute approximate surface area is 109 Å². The average molecular weight is 296 g/mol. The second-order valence-electron chi connectivity index (χ2n) is 4.29. The molecule has 17 heavy (non-hydrogen) atoms. The van der Waals surface area contributed by atoms with E-state index in [9.17, 15) is 9.59 Å². The molecule has 1 aliphatic rings. The number of piperidine rings is 1. The smallest absolute Gasteiger partial charge is 0.253 e. The van der Waals surface area contributed by atoms with E-state index in [1.807, 2.05) is 25.1 Å². The normalized spacial score (nSPS) is 16.1. The lowest BCUT2D eigenvalue weighted by Crippen LogP contribution is -2.38. The molecular weight excluding hydrogens is 282 g/mol. The van der Waals surface area contributed by atoms with E-state index in [-0.39, 0.29) is 11.7 Å². The molecule has 1 aromatic carbocycles. The Kier molecular flexibility index (Phi) is 3.62. The predicted octanol–water partition coefficient (Wildman–Crippen LogP) is 2.56. The molecule has 0 aliphatic carbocycles. The third-order valence-corrected chi connectivity index (χ3v) is 3.90. The summed E-state index contributed by atoms with van der Waals surface area (Å²) in [4.78, 5) is 25.0. The number of carbonyl (C=O) groups excluding carboxylic acids is 2. The van der Waals surface area contributed by atoms with Crippen LogP contribution in [0, 0.1) is 6.92 Å². The molecule has 0 unspecified atom stereocenters. The van der Waals surface area contributed by atoms with Gasteiger partial charge < -0.3 is 4.90 Å². The number of carbonyl (C=O) groups is 2. The number of likely N-dealkylation sites (tertiary alicyclic amines) is 1. The van der Waals surface area contributed by atoms with Crippen molar-refractivity contribution in [1.29, 1.82) is 0 Å². The van der Waals surface area contributed by atoms with Crippen molar-refractivity contribution in [2.45, 2.75) is 19.8 Å². The number of halogens is 1. The molecule has 0 atom stereocenters. The molecule has 0 bridgehead atoms. The molecule has 1 saturated heterocycles. The van der Waals surface area contributed by atoms with E-state index in [4.69, 9.17) is 0 Å². The van der Waals surface area contributed by atoms with Crippen LogP contribution < -0.4 is 0 Å². The van der Waals surface area contributed by atoms with Gasteiger partial charge in [-0.25, -0.2) is 0 Å². The van der Waals surface area contributed by atoms with Gasteiger partial charge in [0.15, 0.2) is 0 Å². The van der Waals surface area contributed by atoms with Gasteiger partial charge in [-0.1, -0.05) is 15.9 Å². The van der Waals surface area contributed by atoms with E-state index in [2.05, 4.69) is 15.9 Å². The fourth-order valence-electron chi connectivity index (χ4n) is 1.92. The van der Waals surface area contributed by atoms with E-state index in [1.54, 1.807) is 4.90 Å². The molecule has 0 N–H and O–H groups in total. The Morgan fingerprint density at radius 3 is 2.53 bits per heavy atom. The molecule has 3 nitrogen and oxygen atoms in total. The molecule has 1 amide bonds. The first-order valence-corrected chi connectivity index (χ1v) is 6.44. The molecule has 0 radical (unpaired) electrons. The Morgan fingerprint density at radius 1 is 1.29 bits per heavy atom. The van der Waals surface area contributed by atoms with Crippen LogP contribution in [-0.2, 0) is 4.79 Å². The molecule has 1 aliphatic heterocycles. The zero-order valence-electron chi connectivity index (χ0n) is 9.70. The summed E-state index contributed by atoms with van der Waals surface area (Å²) in [5.74, 6) is 0.272. The van der Waals surface area contributed by atoms with E-state index < -0.39 is 0 Å². The summed E-state index contributed by atoms with van der Waals surface area (Å²) in [7, 11) is 0. The van der Waals surface area contributed by atoms with Crippen LogP contribution in [0.4, 0.5) is 0 Å². The Morgan fingerprint density at radius 2 is 1.94 bits per heavy atom. The van der Waals surface area contributed by atoms with Crippen LogP contribution in [0.15, 0.2) is 22.7 Å². The Bertz CT molecular complexity index is 460. The van der Waals surface area contributed by atoms with Gasteiger partial charge in [0.05, 0.1) is 0 Å². The lowest BCUT2D eigenvalue weighted by atomic mass is 10.1. The molecule has 90 valence electrons. The van der Waals surface area contributed by atoms with Crippen molar-refractivity contribution in [3.05, 3.63) is 33.8 Å². The Balaban J connectivity index is 2.14. The molecule has 2 rings (SSSR count). The summed E-state index contributed by atoms with van der Waals surface area (Å²) in [6, 6.07) is 5.58. The van der Waals surface area contributed by atoms with Gasteiger partial charge in [0.25, 0.3) is 5.91 Å². The maximum atomic E-state index is 12.2. The lowest BCUT2D eigenvalue weighted by molar-refractivity contribution is -0.120. The van der Waals surface area contributed by atoms with Crippen LogP contribution >= 0.6 is 15.9 Å². The van der Waals surface area contributed by atoms with Crippen molar-refractivity contribution in [3.8, 4) is 0 Å². The summed E-state index contributed by atoms with van der Waals surface area (Å²) in [6.07, 6.45) is 0.975. The highest BCUT2D eigenvalue weighted by Crippen LogP contribution is 2.19. The highest BCUT2D eigenvalue weighted by atomic mass is 79.9. The first-order valence-electron chi connectivity index (χ1n) is 5.65. The number of hydrogen-bond acceptors (Lipinski definition) is 2. The van der Waals surface area contributed by atoms with E-state index in [0.717, 1.165) is 10.0 Å². The van der Waals surface area contributed by atoms with Crippen LogP contribution in [0.3, 0.4) is 0 Å². The summed E-state index contributed by atoms with van der Waals surface area (Å²) in [6.45, 7) is 3.06. The van der Waals surface area contributed by atoms with Crippen molar-refractivity contribution in [3.63, 3.8) is 0 Å². The maximum absolute atomic E-state index is 12.2. The number of amides is 1. The minimum absolute atomic E-state index is 0.0214. The summed E-state index contributed by atoms with van der Waals surface area (Å²) in [5.41, 5.74) is 1.74. The number of ketones is 1. The monoisotopic (exact) mass is 295 g/mol. The van der Waals surface area contributed by atoms with E-state index in [0.29, 0.717) is 31.5 Å². The molecule has 0 aromatic heterocycles. The third-order valence-electron chi connectivity index (χ3n) is 3.01. The molecular formula is C13H14BrNO2. The van der Waals surface area contributed by atoms with Crippen LogP contribution in [-0.4, -0.2) is 29.7 Å². The van der Waals surface area contributed by atoms with Gasteiger partial charge in [0.2, 0.25) is 0 Å². The van der Waals surface area contributed by atoms with Crippen molar-refractivity contribution in [2.24, 2.45) is 0 Å². The molecule has 1 aromatic rings. The first-order chi connectivity index (χ1) is 8.08. The number of aryl methyl sites for hydroxylation is 1. The fraction of sp³-hybridized carbons (Fsp3) is 0.385. The number of nitrogens with zero attached hydrogens (tertiary/aromatic N) is 1. The average Bonchev–Trinajstić information content (AvgIpc) is 2.33. The summed E-state index contributed by atoms with van der Waals surface area (Å²) >= 11 is 3.41. The third kappa shape index (κ3) is 2.75. The SMILES string of the molecule is Cc1cc(C(=O)N2CCC(=O)CC2)ccc1Br. The van der Waals surface area contributed by atoms with Crippen molar-refractivity contribution < 1.29 is 9.59 Å². The zero-order valence-corrected chi connectivity index (χ0v) is 11.3. The second kappa shape index (κ2) is 5.00. The highest BCUT2D eigenvalue weighted by Gasteiger charge is 2.21. The number of rotatable bonds is 1. The first kappa shape index (κ1) is 12.3. The van der Waals surface area contributed by atoms with Gasteiger partial charge in [0, 0.05) is 36.0 Å². The van der Waals surface area contributed by atoms with Crippen molar-refractivity contribution >= 4 is 27.6 Å². The topological polar surface area (TPSA) is 37.4 Å². The quantitative estimate of drug-likeness (QED) is 0.798. The number of hydrogen-bond donors (Lipinski definition) is 0. The maximum Gasteiger partial charge on any atom is 0.253 e. The van der Waals surface area contributed by atoms with Crippen molar-refractivity contribution in [1.82, 2.24) is 4.90 Å². The Hall–Kier alpha value is -1.16. The van der Waals surface area contributed by atoms with Gasteiger partial charge in [-0.2, -0.15) is 0 Å². The summed E-state index contributed by atoms with van der Waals surface area (Å²) < 4.78 is 1.00. The standard InChI is InChI=1S/C13H14BrNO2/c1-9-8-10(2-3-12(9)14)13(17)15-6-4-11(16)5-7-15/h2-3,8H,4-7H2,1H3. The molecule has 1 fully saturated rings. The van der Waals surface area contributed by atoms with Crippen LogP contribution in [0.5, 0.6) is 0 Å². The molecule has 0 saturated carbocycles. The van der Waals surface area contributed by atoms with Crippen LogP contribution in [0.1, 0.15) is 28.8 Å². The largest absolute Gasteiger partial charge is 0.338 e. The lowest BCUT2D eigenvalue weighted by Gasteiger charge is -2.26. The number of benzene rings is 1. The summed E-state index contributed by atoms with van der Waals surface area (Å²) in [5, 5.41) is 0. The highest BCUT2D eigenvalue weighted by molar-refractivity contribution is 9.10. The fourth-order valence-corrected chi connectivity index (χ4v) is 2.17. The van der Waals surface area contributed by atoms with Gasteiger partial charge in [-0.15, -0.1) is 0 Å². The number of Topliss-reactive ketones (excluding diaryl/α,β-unsaturated/α-hetero) is 1. The predicted molar refractivity (Wildman–Crippen MR) is 69.0 cm³/mol. The van der Waals surface area contributed by atoms with Gasteiger partial charge in [-0.05, 0) is 30.7 Å². The van der Waals surface area contributed by atoms with Crippen molar-refractivity contribution in [2.75, 3.05) is 13.1 Å². The molecule has 0 spiro atoms. The van der Waals surface area contributed by atoms with Gasteiger partial charge in [0.1, 0.15) is 5.78 Å².